The molecule has 1 aromatic heterocycles. The number of pyridine rings is 1. The monoisotopic (exact) mass is 226 g/mol. The summed E-state index contributed by atoms with van der Waals surface area (Å²) in [5.41, 5.74) is 5.98. The highest BCUT2D eigenvalue weighted by atomic mass is 32.2. The summed E-state index contributed by atoms with van der Waals surface area (Å²) in [6.07, 6.45) is 3.73. The van der Waals surface area contributed by atoms with Crippen molar-refractivity contribution < 1.29 is 5.11 Å². The van der Waals surface area contributed by atoms with Gasteiger partial charge in [-0.3, -0.25) is 0 Å². The zero-order chi connectivity index (χ0) is 11.1. The van der Waals surface area contributed by atoms with Gasteiger partial charge in [0.2, 0.25) is 0 Å². The summed E-state index contributed by atoms with van der Waals surface area (Å²) in [6, 6.07) is 5.79. The second kappa shape index (κ2) is 6.82. The zero-order valence-corrected chi connectivity index (χ0v) is 9.78. The van der Waals surface area contributed by atoms with E-state index in [-0.39, 0.29) is 17.9 Å². The van der Waals surface area contributed by atoms with Crippen molar-refractivity contribution in [2.45, 2.75) is 36.1 Å². The van der Waals surface area contributed by atoms with E-state index in [1.165, 1.54) is 0 Å². The van der Waals surface area contributed by atoms with E-state index in [0.29, 0.717) is 0 Å². The highest BCUT2D eigenvalue weighted by Crippen LogP contribution is 2.23. The van der Waals surface area contributed by atoms with Gasteiger partial charge in [-0.25, -0.2) is 4.98 Å². The Kier molecular flexibility index (Phi) is 5.68. The minimum Gasteiger partial charge on any atom is -0.395 e. The third-order valence-corrected chi connectivity index (χ3v) is 3.47. The summed E-state index contributed by atoms with van der Waals surface area (Å²) < 4.78 is 0. The number of rotatable bonds is 6. The van der Waals surface area contributed by atoms with Crippen LogP contribution in [-0.4, -0.2) is 28.0 Å². The Bertz CT molecular complexity index is 269. The minimum atomic E-state index is 0.0343. The largest absolute Gasteiger partial charge is 0.395 e. The average Bonchev–Trinajstić information content (AvgIpc) is 2.27. The lowest BCUT2D eigenvalue weighted by atomic mass is 10.1. The van der Waals surface area contributed by atoms with Crippen LogP contribution in [0.25, 0.3) is 0 Å². The van der Waals surface area contributed by atoms with Gasteiger partial charge in [0.05, 0.1) is 11.6 Å². The molecule has 0 radical (unpaired) electrons. The zero-order valence-electron chi connectivity index (χ0n) is 8.97. The quantitative estimate of drug-likeness (QED) is 0.724. The van der Waals surface area contributed by atoms with Gasteiger partial charge in [-0.1, -0.05) is 31.2 Å². The van der Waals surface area contributed by atoms with Crippen LogP contribution in [0.2, 0.25) is 0 Å². The van der Waals surface area contributed by atoms with Gasteiger partial charge in [-0.15, -0.1) is 0 Å². The van der Waals surface area contributed by atoms with Crippen LogP contribution in [0.4, 0.5) is 0 Å². The maximum atomic E-state index is 9.26. The van der Waals surface area contributed by atoms with Gasteiger partial charge in [0.25, 0.3) is 0 Å². The van der Waals surface area contributed by atoms with Gasteiger partial charge in [-0.2, -0.15) is 0 Å². The third kappa shape index (κ3) is 4.20. The molecule has 0 saturated heterocycles. The van der Waals surface area contributed by atoms with Crippen LogP contribution in [0.3, 0.4) is 0 Å². The molecule has 0 aliphatic carbocycles. The molecule has 1 heterocycles. The third-order valence-electron chi connectivity index (χ3n) is 2.19. The van der Waals surface area contributed by atoms with Crippen molar-refractivity contribution in [3.8, 4) is 0 Å². The predicted molar refractivity (Wildman–Crippen MR) is 63.9 cm³/mol. The minimum absolute atomic E-state index is 0.0343. The Morgan fingerprint density at radius 1 is 1.53 bits per heavy atom. The van der Waals surface area contributed by atoms with Crippen LogP contribution in [0.5, 0.6) is 0 Å². The maximum Gasteiger partial charge on any atom is 0.0963 e. The van der Waals surface area contributed by atoms with Crippen molar-refractivity contribution in [3.63, 3.8) is 0 Å². The summed E-state index contributed by atoms with van der Waals surface area (Å²) in [6.45, 7) is 2.20. The highest BCUT2D eigenvalue weighted by Gasteiger charge is 2.17. The Hall–Kier alpha value is -0.580. The average molecular weight is 226 g/mol. The number of nitrogens with zero attached hydrogens (tertiary/aromatic N) is 1. The molecule has 0 aliphatic heterocycles. The lowest BCUT2D eigenvalue weighted by Crippen LogP contribution is -2.34. The van der Waals surface area contributed by atoms with Crippen LogP contribution in [0, 0.1) is 0 Å². The summed E-state index contributed by atoms with van der Waals surface area (Å²) >= 11 is 1.55. The first-order chi connectivity index (χ1) is 7.27. The fourth-order valence-corrected chi connectivity index (χ4v) is 2.33. The number of nitrogens with two attached hydrogens (primary N) is 1. The molecule has 0 bridgehead atoms. The molecule has 2 unspecified atom stereocenters. The van der Waals surface area contributed by atoms with Crippen molar-refractivity contribution >= 4 is 11.8 Å². The first-order valence-electron chi connectivity index (χ1n) is 5.22. The van der Waals surface area contributed by atoms with E-state index in [2.05, 4.69) is 11.9 Å². The van der Waals surface area contributed by atoms with Crippen molar-refractivity contribution in [1.82, 2.24) is 4.98 Å². The molecular weight excluding hydrogens is 208 g/mol. The van der Waals surface area contributed by atoms with E-state index in [9.17, 15) is 5.11 Å². The molecule has 0 aliphatic rings. The van der Waals surface area contributed by atoms with E-state index in [1.807, 2.05) is 18.2 Å². The number of thioether (sulfide) groups is 1. The Labute approximate surface area is 95.1 Å². The highest BCUT2D eigenvalue weighted by molar-refractivity contribution is 7.99. The van der Waals surface area contributed by atoms with E-state index in [4.69, 9.17) is 5.73 Å². The van der Waals surface area contributed by atoms with Gasteiger partial charge < -0.3 is 10.8 Å². The second-order valence-electron chi connectivity index (χ2n) is 3.46. The van der Waals surface area contributed by atoms with Gasteiger partial charge in [0, 0.05) is 17.5 Å². The van der Waals surface area contributed by atoms with Crippen LogP contribution >= 0.6 is 11.8 Å². The Balaban J connectivity index is 2.53. The van der Waals surface area contributed by atoms with E-state index in [0.717, 1.165) is 17.9 Å². The molecule has 2 atom stereocenters. The lowest BCUT2D eigenvalue weighted by molar-refractivity contribution is 0.279. The molecule has 3 nitrogen and oxygen atoms in total. The fraction of sp³-hybridized carbons (Fsp3) is 0.545. The first kappa shape index (κ1) is 12.5. The van der Waals surface area contributed by atoms with Crippen LogP contribution in [0.15, 0.2) is 29.4 Å². The fourth-order valence-electron chi connectivity index (χ4n) is 1.35. The molecule has 0 spiro atoms. The number of aliphatic hydroxyl groups is 1. The standard InChI is InChI=1S/C11H18N2OS/c1-2-5-9(12)10(8-14)15-11-6-3-4-7-13-11/h3-4,6-7,9-10,14H,2,5,8,12H2,1H3. The molecule has 0 saturated carbocycles. The predicted octanol–water partition coefficient (Wildman–Crippen LogP) is 1.66. The lowest BCUT2D eigenvalue weighted by Gasteiger charge is -2.20. The first-order valence-corrected chi connectivity index (χ1v) is 6.10. The maximum absolute atomic E-state index is 9.26. The van der Waals surface area contributed by atoms with Crippen LogP contribution in [-0.2, 0) is 0 Å². The SMILES string of the molecule is CCCC(N)C(CO)Sc1ccccn1. The van der Waals surface area contributed by atoms with Gasteiger partial charge in [0.15, 0.2) is 0 Å². The molecule has 0 fully saturated rings. The molecule has 1 rings (SSSR count). The topological polar surface area (TPSA) is 59.1 Å². The van der Waals surface area contributed by atoms with E-state index in [1.54, 1.807) is 18.0 Å². The number of hydrogen-bond donors (Lipinski definition) is 2. The van der Waals surface area contributed by atoms with Gasteiger partial charge in [-0.05, 0) is 18.6 Å². The molecule has 1 aromatic rings. The van der Waals surface area contributed by atoms with E-state index >= 15 is 0 Å². The molecule has 3 N–H and O–H groups in total. The summed E-state index contributed by atoms with van der Waals surface area (Å²) in [5, 5.41) is 10.2. The summed E-state index contributed by atoms with van der Waals surface area (Å²) in [4.78, 5) is 4.21. The van der Waals surface area contributed by atoms with Crippen molar-refractivity contribution in [2.24, 2.45) is 5.73 Å². The molecule has 4 heteroatoms. The van der Waals surface area contributed by atoms with Crippen molar-refractivity contribution in [1.29, 1.82) is 0 Å². The molecule has 0 amide bonds. The molecule has 15 heavy (non-hydrogen) atoms. The van der Waals surface area contributed by atoms with E-state index < -0.39 is 0 Å². The van der Waals surface area contributed by atoms with Crippen LogP contribution < -0.4 is 5.73 Å². The number of aliphatic hydroxyl groups excluding tert-OH is 1. The van der Waals surface area contributed by atoms with Crippen molar-refractivity contribution in [3.05, 3.63) is 24.4 Å². The smallest absolute Gasteiger partial charge is 0.0963 e. The van der Waals surface area contributed by atoms with Crippen LogP contribution in [0.1, 0.15) is 19.8 Å². The Morgan fingerprint density at radius 3 is 2.87 bits per heavy atom. The molecular formula is C11H18N2OS. The van der Waals surface area contributed by atoms with Gasteiger partial charge in [0.1, 0.15) is 0 Å². The summed E-state index contributed by atoms with van der Waals surface area (Å²) in [5.74, 6) is 0. The molecule has 84 valence electrons. The number of aromatic nitrogens is 1. The second-order valence-corrected chi connectivity index (χ2v) is 4.72. The Morgan fingerprint density at radius 2 is 2.33 bits per heavy atom. The van der Waals surface area contributed by atoms with Gasteiger partial charge >= 0.3 is 0 Å². The van der Waals surface area contributed by atoms with Crippen molar-refractivity contribution in [2.75, 3.05) is 6.61 Å². The summed E-state index contributed by atoms with van der Waals surface area (Å²) in [7, 11) is 0. The normalized spacial score (nSPS) is 14.9. The molecule has 0 aromatic carbocycles. The number of hydrogen-bond acceptors (Lipinski definition) is 4.